The van der Waals surface area contributed by atoms with E-state index in [-0.39, 0.29) is 36.8 Å². The van der Waals surface area contributed by atoms with Gasteiger partial charge < -0.3 is 0 Å². The Hall–Kier alpha value is -1.09. The first-order valence-corrected chi connectivity index (χ1v) is 8.33. The van der Waals surface area contributed by atoms with E-state index in [2.05, 4.69) is 10.2 Å². The molecule has 0 bridgehead atoms. The predicted octanol–water partition coefficient (Wildman–Crippen LogP) is 1.97. The van der Waals surface area contributed by atoms with E-state index in [1.807, 2.05) is 0 Å². The van der Waals surface area contributed by atoms with Gasteiger partial charge in [0.15, 0.2) is 0 Å². The normalized spacial score (nSPS) is 20.7. The summed E-state index contributed by atoms with van der Waals surface area (Å²) in [6, 6.07) is 0. The summed E-state index contributed by atoms with van der Waals surface area (Å²) in [5.41, 5.74) is -0.611. The third-order valence-corrected chi connectivity index (χ3v) is 4.44. The van der Waals surface area contributed by atoms with Gasteiger partial charge in [0.05, 0.1) is 0 Å². The zero-order chi connectivity index (χ0) is 16.1. The molecule has 1 fully saturated rings. The van der Waals surface area contributed by atoms with Crippen LogP contribution in [0.1, 0.15) is 58.2 Å². The van der Waals surface area contributed by atoms with Crippen LogP contribution in [0.15, 0.2) is 5.16 Å². The quantitative estimate of drug-likeness (QED) is 0.901. The van der Waals surface area contributed by atoms with Crippen LogP contribution >= 0.6 is 0 Å². The SMILES string of the molecule is CC(C)(C)n1c(C2CCC(F)(F)CC2)nnc1S(N)(=O)=O. The number of hydrogen-bond donors (Lipinski definition) is 1. The first-order chi connectivity index (χ1) is 9.42. The molecule has 21 heavy (non-hydrogen) atoms. The van der Waals surface area contributed by atoms with Crippen molar-refractivity contribution >= 4 is 10.0 Å². The molecule has 0 aliphatic heterocycles. The molecule has 1 aliphatic carbocycles. The van der Waals surface area contributed by atoms with Crippen molar-refractivity contribution in [3.63, 3.8) is 0 Å². The number of alkyl halides is 2. The number of aromatic nitrogens is 3. The van der Waals surface area contributed by atoms with Gasteiger partial charge >= 0.3 is 0 Å². The Bertz CT molecular complexity index is 624. The van der Waals surface area contributed by atoms with Crippen molar-refractivity contribution in [2.24, 2.45) is 5.14 Å². The first-order valence-electron chi connectivity index (χ1n) is 6.78. The molecule has 1 aliphatic rings. The number of rotatable bonds is 2. The molecule has 0 radical (unpaired) electrons. The molecule has 1 aromatic rings. The number of sulfonamides is 1. The number of hydrogen-bond acceptors (Lipinski definition) is 4. The fourth-order valence-corrected chi connectivity index (χ4v) is 3.44. The Balaban J connectivity index is 2.44. The number of halogens is 2. The van der Waals surface area contributed by atoms with E-state index in [0.29, 0.717) is 5.82 Å². The lowest BCUT2D eigenvalue weighted by Gasteiger charge is -2.31. The predicted molar refractivity (Wildman–Crippen MR) is 72.5 cm³/mol. The average Bonchev–Trinajstić information content (AvgIpc) is 2.72. The highest BCUT2D eigenvalue weighted by molar-refractivity contribution is 7.89. The lowest BCUT2D eigenvalue weighted by atomic mass is 9.86. The van der Waals surface area contributed by atoms with Crippen molar-refractivity contribution < 1.29 is 17.2 Å². The maximum atomic E-state index is 13.3. The van der Waals surface area contributed by atoms with E-state index >= 15 is 0 Å². The summed E-state index contributed by atoms with van der Waals surface area (Å²) in [7, 11) is -4.02. The summed E-state index contributed by atoms with van der Waals surface area (Å²) in [6.07, 6.45) is 0.0659. The first kappa shape index (κ1) is 16.3. The molecule has 0 spiro atoms. The second-order valence-electron chi connectivity index (χ2n) is 6.52. The van der Waals surface area contributed by atoms with E-state index in [4.69, 9.17) is 5.14 Å². The molecular weight excluding hydrogens is 302 g/mol. The fraction of sp³-hybridized carbons (Fsp3) is 0.833. The molecule has 9 heteroatoms. The zero-order valence-electron chi connectivity index (χ0n) is 12.3. The Kier molecular flexibility index (Phi) is 3.86. The molecule has 0 atom stereocenters. The highest BCUT2D eigenvalue weighted by Crippen LogP contribution is 2.41. The molecular formula is C12H20F2N4O2S. The monoisotopic (exact) mass is 322 g/mol. The maximum absolute atomic E-state index is 13.3. The van der Waals surface area contributed by atoms with Gasteiger partial charge in [-0.1, -0.05) is 0 Å². The van der Waals surface area contributed by atoms with Crippen molar-refractivity contribution in [1.29, 1.82) is 0 Å². The summed E-state index contributed by atoms with van der Waals surface area (Å²) in [5, 5.41) is 12.5. The van der Waals surface area contributed by atoms with Crippen molar-refractivity contribution in [3.05, 3.63) is 5.82 Å². The molecule has 0 unspecified atom stereocenters. The summed E-state index contributed by atoms with van der Waals surface area (Å²) in [6.45, 7) is 5.39. The summed E-state index contributed by atoms with van der Waals surface area (Å²) in [5.74, 6) is -2.46. The maximum Gasteiger partial charge on any atom is 0.273 e. The molecule has 2 rings (SSSR count). The van der Waals surface area contributed by atoms with Crippen molar-refractivity contribution in [1.82, 2.24) is 14.8 Å². The van der Waals surface area contributed by atoms with E-state index < -0.39 is 21.5 Å². The second-order valence-corrected chi connectivity index (χ2v) is 7.98. The minimum Gasteiger partial charge on any atom is -0.295 e. The second kappa shape index (κ2) is 4.98. The Morgan fingerprint density at radius 2 is 1.76 bits per heavy atom. The molecule has 0 aromatic carbocycles. The van der Waals surface area contributed by atoms with Crippen molar-refractivity contribution in [2.75, 3.05) is 0 Å². The highest BCUT2D eigenvalue weighted by atomic mass is 32.2. The van der Waals surface area contributed by atoms with Gasteiger partial charge in [0, 0.05) is 24.3 Å². The molecule has 6 nitrogen and oxygen atoms in total. The summed E-state index contributed by atoms with van der Waals surface area (Å²) < 4.78 is 51.3. The van der Waals surface area contributed by atoms with E-state index in [9.17, 15) is 17.2 Å². The summed E-state index contributed by atoms with van der Waals surface area (Å²) >= 11 is 0. The number of primary sulfonamides is 1. The van der Waals surface area contributed by atoms with E-state index in [1.165, 1.54) is 4.57 Å². The minimum atomic E-state index is -4.02. The Labute approximate surface area is 122 Å². The smallest absolute Gasteiger partial charge is 0.273 e. The lowest BCUT2D eigenvalue weighted by molar-refractivity contribution is -0.0392. The topological polar surface area (TPSA) is 90.9 Å². The Morgan fingerprint density at radius 1 is 1.24 bits per heavy atom. The lowest BCUT2D eigenvalue weighted by Crippen LogP contribution is -2.32. The highest BCUT2D eigenvalue weighted by Gasteiger charge is 2.39. The standard InChI is InChI=1S/C12H20F2N4O2S/c1-11(2,3)18-9(16-17-10(18)21(15,19)20)8-4-6-12(13,14)7-5-8/h8H,4-7H2,1-3H3,(H2,15,19,20). The summed E-state index contributed by atoms with van der Waals surface area (Å²) in [4.78, 5) is 0. The third-order valence-electron chi connectivity index (χ3n) is 3.67. The fourth-order valence-electron chi connectivity index (χ4n) is 2.66. The van der Waals surface area contributed by atoms with Crippen LogP contribution in [0.5, 0.6) is 0 Å². The molecule has 0 saturated heterocycles. The van der Waals surface area contributed by atoms with Gasteiger partial charge in [-0.3, -0.25) is 4.57 Å². The number of nitrogens with zero attached hydrogens (tertiary/aromatic N) is 3. The molecule has 1 heterocycles. The van der Waals surface area contributed by atoms with Crippen molar-refractivity contribution in [2.45, 2.75) is 69.0 Å². The van der Waals surface area contributed by atoms with Crippen LogP contribution in [0.2, 0.25) is 0 Å². The van der Waals surface area contributed by atoms with Gasteiger partial charge in [-0.05, 0) is 33.6 Å². The van der Waals surface area contributed by atoms with Crippen molar-refractivity contribution in [3.8, 4) is 0 Å². The van der Waals surface area contributed by atoms with Crippen LogP contribution in [0.4, 0.5) is 8.78 Å². The van der Waals surface area contributed by atoms with Crippen LogP contribution < -0.4 is 5.14 Å². The van der Waals surface area contributed by atoms with E-state index in [0.717, 1.165) is 0 Å². The molecule has 1 saturated carbocycles. The molecule has 2 N–H and O–H groups in total. The van der Waals surface area contributed by atoms with Crippen LogP contribution in [0.3, 0.4) is 0 Å². The average molecular weight is 322 g/mol. The molecule has 1 aromatic heterocycles. The number of nitrogens with two attached hydrogens (primary N) is 1. The van der Waals surface area contributed by atoms with E-state index in [1.54, 1.807) is 20.8 Å². The van der Waals surface area contributed by atoms with Gasteiger partial charge in [0.2, 0.25) is 5.92 Å². The molecule has 120 valence electrons. The van der Waals surface area contributed by atoms with Gasteiger partial charge in [-0.25, -0.2) is 22.3 Å². The Morgan fingerprint density at radius 3 is 2.19 bits per heavy atom. The van der Waals surface area contributed by atoms with Crippen LogP contribution in [0.25, 0.3) is 0 Å². The zero-order valence-corrected chi connectivity index (χ0v) is 13.1. The largest absolute Gasteiger partial charge is 0.295 e. The minimum absolute atomic E-state index is 0.223. The van der Waals surface area contributed by atoms with Crippen LogP contribution in [-0.4, -0.2) is 29.1 Å². The van der Waals surface area contributed by atoms with Gasteiger partial charge in [-0.15, -0.1) is 10.2 Å². The van der Waals surface area contributed by atoms with Crippen LogP contribution in [-0.2, 0) is 15.6 Å². The van der Waals surface area contributed by atoms with Crippen LogP contribution in [0, 0.1) is 0 Å². The molecule has 0 amide bonds. The van der Waals surface area contributed by atoms with Gasteiger partial charge in [0.1, 0.15) is 5.82 Å². The van der Waals surface area contributed by atoms with Gasteiger partial charge in [-0.2, -0.15) is 0 Å². The third kappa shape index (κ3) is 3.39. The van der Waals surface area contributed by atoms with Gasteiger partial charge in [0.25, 0.3) is 15.2 Å².